The lowest BCUT2D eigenvalue weighted by molar-refractivity contribution is -0.109. The molecule has 1 unspecified atom stereocenters. The molecule has 2 rings (SSSR count). The molecule has 124 valence electrons. The van der Waals surface area contributed by atoms with Crippen LogP contribution in [0, 0.1) is 5.41 Å². The van der Waals surface area contributed by atoms with E-state index in [0.29, 0.717) is 12.5 Å². The van der Waals surface area contributed by atoms with Crippen LogP contribution in [-0.2, 0) is 4.79 Å². The number of nitrogens with one attached hydrogen (secondary N) is 1. The summed E-state index contributed by atoms with van der Waals surface area (Å²) in [7, 11) is 2.03. The molecule has 0 radical (unpaired) electrons. The minimum atomic E-state index is 0.182. The topological polar surface area (TPSA) is 45.2 Å². The Hall–Kier alpha value is -0.940. The fourth-order valence-corrected chi connectivity index (χ4v) is 2.58. The molecule has 1 aliphatic heterocycles. The number of aromatic nitrogens is 1. The van der Waals surface area contributed by atoms with E-state index in [0.717, 1.165) is 29.8 Å². The molecule has 1 aromatic heterocycles. The van der Waals surface area contributed by atoms with Gasteiger partial charge in [-0.25, -0.2) is 4.98 Å². The molecule has 4 nitrogen and oxygen atoms in total. The van der Waals surface area contributed by atoms with Crippen molar-refractivity contribution in [2.24, 2.45) is 5.41 Å². The van der Waals surface area contributed by atoms with Crippen molar-refractivity contribution in [1.29, 1.82) is 0 Å². The maximum absolute atomic E-state index is 9.82. The quantitative estimate of drug-likeness (QED) is 0.652. The van der Waals surface area contributed by atoms with Crippen molar-refractivity contribution in [2.45, 2.75) is 46.1 Å². The molecule has 1 saturated heterocycles. The smallest absolute Gasteiger partial charge is 0.129 e. The number of piperidine rings is 1. The Morgan fingerprint density at radius 1 is 1.45 bits per heavy atom. The Kier molecular flexibility index (Phi) is 8.04. The third kappa shape index (κ3) is 7.36. The number of carbonyl (C=O) groups is 1. The van der Waals surface area contributed by atoms with Crippen molar-refractivity contribution in [3.8, 4) is 0 Å². The summed E-state index contributed by atoms with van der Waals surface area (Å²) in [5, 5.41) is 3.34. The lowest BCUT2D eigenvalue weighted by Gasteiger charge is -2.33. The van der Waals surface area contributed by atoms with Crippen LogP contribution in [-0.4, -0.2) is 37.4 Å². The number of hydrogen-bond acceptors (Lipinski definition) is 4. The van der Waals surface area contributed by atoms with E-state index in [2.05, 4.69) is 37.2 Å². The van der Waals surface area contributed by atoms with Crippen LogP contribution < -0.4 is 10.2 Å². The summed E-state index contributed by atoms with van der Waals surface area (Å²) in [6, 6.07) is 6.67. The standard InChI is InChI=1S/C11H16BrN3.C6H12O/c1-13-9-4-3-7-15(8-9)11-6-2-5-10(12)14-11;1-6(2,3)4-5-7/h2,5-6,9,13H,3-4,7-8H2,1H3;5H,4H2,1-3H3. The Morgan fingerprint density at radius 3 is 2.68 bits per heavy atom. The molecule has 22 heavy (non-hydrogen) atoms. The largest absolute Gasteiger partial charge is 0.355 e. The number of aldehydes is 1. The second kappa shape index (κ2) is 9.26. The highest BCUT2D eigenvalue weighted by molar-refractivity contribution is 9.10. The zero-order chi connectivity index (χ0) is 16.6. The van der Waals surface area contributed by atoms with Gasteiger partial charge in [0.2, 0.25) is 0 Å². The van der Waals surface area contributed by atoms with E-state index >= 15 is 0 Å². The molecule has 0 saturated carbocycles. The molecule has 0 amide bonds. The number of nitrogens with zero attached hydrogens (tertiary/aromatic N) is 2. The van der Waals surface area contributed by atoms with Crippen LogP contribution in [0.1, 0.15) is 40.0 Å². The van der Waals surface area contributed by atoms with Crippen LogP contribution in [0.25, 0.3) is 0 Å². The molecule has 1 aliphatic rings. The molecule has 1 fully saturated rings. The summed E-state index contributed by atoms with van der Waals surface area (Å²) >= 11 is 3.41. The average molecular weight is 370 g/mol. The van der Waals surface area contributed by atoms with Gasteiger partial charge in [0, 0.05) is 25.6 Å². The molecular weight excluding hydrogens is 342 g/mol. The van der Waals surface area contributed by atoms with Gasteiger partial charge in [-0.3, -0.25) is 0 Å². The SMILES string of the molecule is CC(C)(C)CC=O.CNC1CCCN(c2cccc(Br)n2)C1. The second-order valence-electron chi connectivity index (χ2n) is 6.82. The van der Waals surface area contributed by atoms with E-state index in [-0.39, 0.29) is 5.41 Å². The first-order valence-electron chi connectivity index (χ1n) is 7.84. The summed E-state index contributed by atoms with van der Waals surface area (Å²) < 4.78 is 0.909. The molecule has 0 aliphatic carbocycles. The number of likely N-dealkylation sites (N-methyl/N-ethyl adjacent to an activating group) is 1. The minimum Gasteiger partial charge on any atom is -0.355 e. The van der Waals surface area contributed by atoms with Gasteiger partial charge in [-0.05, 0) is 53.4 Å². The Balaban J connectivity index is 0.000000295. The van der Waals surface area contributed by atoms with Crippen LogP contribution in [0.4, 0.5) is 5.82 Å². The molecule has 1 N–H and O–H groups in total. The zero-order valence-corrected chi connectivity index (χ0v) is 15.7. The van der Waals surface area contributed by atoms with Gasteiger partial charge in [0.05, 0.1) is 0 Å². The Morgan fingerprint density at radius 2 is 2.18 bits per heavy atom. The lowest BCUT2D eigenvalue weighted by atomic mass is 9.93. The first-order chi connectivity index (χ1) is 10.4. The van der Waals surface area contributed by atoms with Gasteiger partial charge in [0.25, 0.3) is 0 Å². The highest BCUT2D eigenvalue weighted by Crippen LogP contribution is 2.19. The van der Waals surface area contributed by atoms with Crippen LogP contribution in [0.15, 0.2) is 22.8 Å². The summed E-state index contributed by atoms with van der Waals surface area (Å²) in [4.78, 5) is 16.6. The van der Waals surface area contributed by atoms with Crippen molar-refractivity contribution >= 4 is 28.0 Å². The molecule has 0 bridgehead atoms. The fourth-order valence-electron chi connectivity index (χ4n) is 2.24. The van der Waals surface area contributed by atoms with Gasteiger partial charge in [-0.15, -0.1) is 0 Å². The number of rotatable bonds is 3. The van der Waals surface area contributed by atoms with Gasteiger partial charge < -0.3 is 15.0 Å². The summed E-state index contributed by atoms with van der Waals surface area (Å²) in [6.45, 7) is 8.30. The van der Waals surface area contributed by atoms with E-state index in [9.17, 15) is 4.79 Å². The first-order valence-corrected chi connectivity index (χ1v) is 8.63. The van der Waals surface area contributed by atoms with Crippen molar-refractivity contribution in [3.63, 3.8) is 0 Å². The predicted molar refractivity (Wildman–Crippen MR) is 96.4 cm³/mol. The van der Waals surface area contributed by atoms with Crippen molar-refractivity contribution in [1.82, 2.24) is 10.3 Å². The number of hydrogen-bond donors (Lipinski definition) is 1. The first kappa shape index (κ1) is 19.1. The molecule has 1 aromatic rings. The summed E-state index contributed by atoms with van der Waals surface area (Å²) in [5.41, 5.74) is 0.182. The maximum atomic E-state index is 9.82. The molecule has 0 aromatic carbocycles. The van der Waals surface area contributed by atoms with Crippen molar-refractivity contribution < 1.29 is 4.79 Å². The van der Waals surface area contributed by atoms with E-state index in [1.165, 1.54) is 12.8 Å². The van der Waals surface area contributed by atoms with Crippen LogP contribution in [0.5, 0.6) is 0 Å². The summed E-state index contributed by atoms with van der Waals surface area (Å²) in [6.07, 6.45) is 4.12. The lowest BCUT2D eigenvalue weighted by Crippen LogP contribution is -2.44. The second-order valence-corrected chi connectivity index (χ2v) is 7.64. The predicted octanol–water partition coefficient (Wildman–Crippen LogP) is 3.65. The number of pyridine rings is 1. The third-order valence-corrected chi connectivity index (χ3v) is 3.99. The monoisotopic (exact) mass is 369 g/mol. The van der Waals surface area contributed by atoms with Gasteiger partial charge >= 0.3 is 0 Å². The maximum Gasteiger partial charge on any atom is 0.129 e. The van der Waals surface area contributed by atoms with Gasteiger partial charge in [0.1, 0.15) is 16.7 Å². The van der Waals surface area contributed by atoms with Crippen LogP contribution in [0.3, 0.4) is 0 Å². The highest BCUT2D eigenvalue weighted by Gasteiger charge is 2.19. The van der Waals surface area contributed by atoms with Gasteiger partial charge in [0.15, 0.2) is 0 Å². The zero-order valence-electron chi connectivity index (χ0n) is 14.1. The van der Waals surface area contributed by atoms with Gasteiger partial charge in [-0.1, -0.05) is 26.8 Å². The molecule has 0 spiro atoms. The van der Waals surface area contributed by atoms with Crippen molar-refractivity contribution in [3.05, 3.63) is 22.8 Å². The molecular formula is C17H28BrN3O. The Bertz CT molecular complexity index is 459. The van der Waals surface area contributed by atoms with Crippen LogP contribution >= 0.6 is 15.9 Å². The van der Waals surface area contributed by atoms with E-state index in [1.807, 2.05) is 40.0 Å². The van der Waals surface area contributed by atoms with Crippen LogP contribution in [0.2, 0.25) is 0 Å². The average Bonchev–Trinajstić information content (AvgIpc) is 2.47. The molecule has 1 atom stereocenters. The van der Waals surface area contributed by atoms with Gasteiger partial charge in [-0.2, -0.15) is 0 Å². The Labute approximate surface area is 142 Å². The molecule has 5 heteroatoms. The number of halogens is 1. The van der Waals surface area contributed by atoms with E-state index in [1.54, 1.807) is 0 Å². The minimum absolute atomic E-state index is 0.182. The molecule has 2 heterocycles. The normalized spacial score (nSPS) is 18.4. The van der Waals surface area contributed by atoms with E-state index < -0.39 is 0 Å². The third-order valence-electron chi connectivity index (χ3n) is 3.55. The summed E-state index contributed by atoms with van der Waals surface area (Å²) in [5.74, 6) is 1.07. The highest BCUT2D eigenvalue weighted by atomic mass is 79.9. The number of carbonyl (C=O) groups excluding carboxylic acids is 1. The van der Waals surface area contributed by atoms with E-state index in [4.69, 9.17) is 0 Å². The fraction of sp³-hybridized carbons (Fsp3) is 0.647. The number of anilines is 1. The van der Waals surface area contributed by atoms with Crippen molar-refractivity contribution in [2.75, 3.05) is 25.0 Å².